The van der Waals surface area contributed by atoms with Gasteiger partial charge >= 0.3 is 5.97 Å². The molecule has 0 saturated heterocycles. The van der Waals surface area contributed by atoms with E-state index in [9.17, 15) is 14.7 Å². The molecule has 35 heavy (non-hydrogen) atoms. The number of fused-ring (bicyclic) bond motifs is 8. The van der Waals surface area contributed by atoms with Crippen LogP contribution in [0, 0.1) is 44.8 Å². The van der Waals surface area contributed by atoms with E-state index < -0.39 is 11.4 Å². The largest absolute Gasteiger partial charge is 0.481 e. The van der Waals surface area contributed by atoms with Crippen molar-refractivity contribution in [3.63, 3.8) is 0 Å². The minimum atomic E-state index is -0.755. The number of aliphatic carboxylic acids is 1. The molecule has 5 nitrogen and oxygen atoms in total. The Hall–Kier alpha value is -1.91. The van der Waals surface area contributed by atoms with E-state index in [0.717, 1.165) is 44.3 Å². The van der Waals surface area contributed by atoms with Gasteiger partial charge < -0.3 is 9.63 Å². The Morgan fingerprint density at radius 3 is 2.49 bits per heavy atom. The molecule has 3 fully saturated rings. The molecule has 0 aromatic carbocycles. The number of aromatic nitrogens is 1. The zero-order valence-electron chi connectivity index (χ0n) is 22.2. The van der Waals surface area contributed by atoms with Crippen molar-refractivity contribution in [2.24, 2.45) is 44.8 Å². The third-order valence-electron chi connectivity index (χ3n) is 12.4. The molecular weight excluding hydrogens is 438 g/mol. The summed E-state index contributed by atoms with van der Waals surface area (Å²) in [5.74, 6) is 0.936. The van der Waals surface area contributed by atoms with Crippen LogP contribution < -0.4 is 0 Å². The summed E-state index contributed by atoms with van der Waals surface area (Å²) in [5.41, 5.74) is 1.37. The van der Waals surface area contributed by atoms with E-state index in [0.29, 0.717) is 18.8 Å². The van der Waals surface area contributed by atoms with Gasteiger partial charge in [-0.1, -0.05) is 52.3 Å². The number of ketones is 1. The first-order chi connectivity index (χ1) is 16.3. The normalized spacial score (nSPS) is 47.9. The van der Waals surface area contributed by atoms with Crippen molar-refractivity contribution in [1.29, 1.82) is 0 Å². The van der Waals surface area contributed by atoms with Crippen molar-refractivity contribution < 1.29 is 19.2 Å². The lowest BCUT2D eigenvalue weighted by molar-refractivity contribution is -0.188. The lowest BCUT2D eigenvalue weighted by Crippen LogP contribution is -2.65. The predicted octanol–water partition coefficient (Wildman–Crippen LogP) is 6.58. The van der Waals surface area contributed by atoms with Gasteiger partial charge in [-0.05, 0) is 90.9 Å². The number of carboxylic acids is 1. The fourth-order valence-corrected chi connectivity index (χ4v) is 10.2. The van der Waals surface area contributed by atoms with Crippen LogP contribution in [0.2, 0.25) is 0 Å². The quantitative estimate of drug-likeness (QED) is 0.492. The maximum atomic E-state index is 14.3. The lowest BCUT2D eigenvalue weighted by atomic mass is 9.34. The Morgan fingerprint density at radius 2 is 1.77 bits per heavy atom. The Bertz CT molecular complexity index is 1150. The molecule has 5 aliphatic carbocycles. The highest BCUT2D eigenvalue weighted by molar-refractivity contribution is 5.96. The Kier molecular flexibility index (Phi) is 4.62. The number of carboxylic acid groups (broad SMARTS) is 1. The van der Waals surface area contributed by atoms with Crippen LogP contribution >= 0.6 is 0 Å². The first-order valence-corrected chi connectivity index (χ1v) is 13.7. The molecule has 0 bridgehead atoms. The molecule has 190 valence electrons. The average Bonchev–Trinajstić information content (AvgIpc) is 3.23. The Balaban J connectivity index is 1.50. The van der Waals surface area contributed by atoms with Crippen molar-refractivity contribution in [2.45, 2.75) is 98.8 Å². The molecule has 3 saturated carbocycles. The highest BCUT2D eigenvalue weighted by Crippen LogP contribution is 2.74. The average molecular weight is 480 g/mol. The molecule has 1 heterocycles. The van der Waals surface area contributed by atoms with E-state index >= 15 is 0 Å². The van der Waals surface area contributed by atoms with Crippen LogP contribution in [0.25, 0.3) is 0 Å². The molecular formula is C30H41NO4. The van der Waals surface area contributed by atoms with Gasteiger partial charge in [0.25, 0.3) is 0 Å². The zero-order chi connectivity index (χ0) is 25.2. The topological polar surface area (TPSA) is 80.4 Å². The van der Waals surface area contributed by atoms with Crippen LogP contribution in [0.15, 0.2) is 22.4 Å². The summed E-state index contributed by atoms with van der Waals surface area (Å²) in [6.07, 6.45) is 10.9. The second kappa shape index (κ2) is 6.89. The number of hydrogen-bond acceptors (Lipinski definition) is 4. The van der Waals surface area contributed by atoms with E-state index in [2.05, 4.69) is 46.7 Å². The summed E-state index contributed by atoms with van der Waals surface area (Å²) in [4.78, 5) is 27.0. The third kappa shape index (κ3) is 2.73. The summed E-state index contributed by atoms with van der Waals surface area (Å²) in [6.45, 7) is 13.9. The maximum Gasteiger partial charge on any atom is 0.309 e. The molecule has 1 aromatic heterocycles. The van der Waals surface area contributed by atoms with Crippen LogP contribution in [0.3, 0.4) is 0 Å². The summed E-state index contributed by atoms with van der Waals surface area (Å²) >= 11 is 0. The van der Waals surface area contributed by atoms with Crippen LogP contribution in [0.4, 0.5) is 0 Å². The Morgan fingerprint density at radius 1 is 1.06 bits per heavy atom. The van der Waals surface area contributed by atoms with E-state index in [1.807, 2.05) is 12.3 Å². The third-order valence-corrected chi connectivity index (χ3v) is 12.4. The highest BCUT2D eigenvalue weighted by atomic mass is 16.5. The Labute approximate surface area is 209 Å². The van der Waals surface area contributed by atoms with Gasteiger partial charge in [0.2, 0.25) is 0 Å². The van der Waals surface area contributed by atoms with Gasteiger partial charge in [0.05, 0.1) is 11.6 Å². The number of allylic oxidation sites excluding steroid dienone is 2. The molecule has 1 unspecified atom stereocenters. The molecule has 0 radical (unpaired) electrons. The summed E-state index contributed by atoms with van der Waals surface area (Å²) < 4.78 is 5.67. The first-order valence-electron chi connectivity index (χ1n) is 13.7. The van der Waals surface area contributed by atoms with Gasteiger partial charge in [-0.2, -0.15) is 0 Å². The monoisotopic (exact) mass is 479 g/mol. The minimum Gasteiger partial charge on any atom is -0.481 e. The zero-order valence-corrected chi connectivity index (χ0v) is 22.2. The van der Waals surface area contributed by atoms with Crippen molar-refractivity contribution in [2.75, 3.05) is 0 Å². The minimum absolute atomic E-state index is 0.0696. The molecule has 8 atom stereocenters. The number of hydrogen-bond donors (Lipinski definition) is 1. The second-order valence-electron chi connectivity index (χ2n) is 14.4. The van der Waals surface area contributed by atoms with E-state index in [1.165, 1.54) is 11.1 Å². The van der Waals surface area contributed by atoms with Gasteiger partial charge in [-0.3, -0.25) is 9.59 Å². The molecule has 1 N–H and O–H groups in total. The SMILES string of the molecule is C[C@H]1c2oncc2C[C@]2(C)C3=CC(=O)[C@@H]4[C@@H]5CC(C)(C)CC[C@]5(C(=O)O)CC[C@@]4(C)[C@]3(C)CCC12. The van der Waals surface area contributed by atoms with Crippen LogP contribution in [-0.4, -0.2) is 22.0 Å². The summed E-state index contributed by atoms with van der Waals surface area (Å²) in [6, 6.07) is 0. The molecule has 0 spiro atoms. The van der Waals surface area contributed by atoms with Gasteiger partial charge in [-0.15, -0.1) is 0 Å². The van der Waals surface area contributed by atoms with Crippen LogP contribution in [-0.2, 0) is 16.0 Å². The number of carbonyl (C=O) groups is 2. The smallest absolute Gasteiger partial charge is 0.309 e. The predicted molar refractivity (Wildman–Crippen MR) is 133 cm³/mol. The highest BCUT2D eigenvalue weighted by Gasteiger charge is 2.70. The first kappa shape index (κ1) is 23.5. The van der Waals surface area contributed by atoms with E-state index in [-0.39, 0.29) is 45.2 Å². The standard InChI is InChI=1S/C30H41NO4/c1-17-19-7-8-28(5)22(27(19,4)14-18-16-31-35-24(17)18)13-21(32)23-20-15-26(2,3)9-11-30(20,25(33)34)12-10-29(23,28)6/h13,16-17,19-20,23H,7-12,14-15H2,1-6H3,(H,33,34)/t17-,19?,20+,23+,27+,28-,29-,30+/m1/s1. The van der Waals surface area contributed by atoms with Crippen molar-refractivity contribution in [3.8, 4) is 0 Å². The lowest BCUT2D eigenvalue weighted by Gasteiger charge is -2.68. The summed E-state index contributed by atoms with van der Waals surface area (Å²) in [7, 11) is 0. The van der Waals surface area contributed by atoms with Crippen LogP contribution in [0.5, 0.6) is 0 Å². The molecule has 1 aromatic rings. The fraction of sp³-hybridized carbons (Fsp3) is 0.767. The fourth-order valence-electron chi connectivity index (χ4n) is 10.2. The molecule has 6 rings (SSSR count). The van der Waals surface area contributed by atoms with Crippen molar-refractivity contribution in [3.05, 3.63) is 29.2 Å². The number of nitrogens with zero attached hydrogens (tertiary/aromatic N) is 1. The van der Waals surface area contributed by atoms with Crippen molar-refractivity contribution in [1.82, 2.24) is 5.16 Å². The van der Waals surface area contributed by atoms with E-state index in [1.54, 1.807) is 0 Å². The molecule has 5 aliphatic rings. The van der Waals surface area contributed by atoms with Crippen LogP contribution in [0.1, 0.15) is 104 Å². The van der Waals surface area contributed by atoms with Gasteiger partial charge in [0.1, 0.15) is 5.76 Å². The van der Waals surface area contributed by atoms with Crippen molar-refractivity contribution >= 4 is 11.8 Å². The van der Waals surface area contributed by atoms with Gasteiger partial charge in [0, 0.05) is 17.4 Å². The number of carbonyl (C=O) groups excluding carboxylic acids is 1. The van der Waals surface area contributed by atoms with Gasteiger partial charge in [-0.25, -0.2) is 0 Å². The summed E-state index contributed by atoms with van der Waals surface area (Å²) in [5, 5.41) is 14.6. The molecule has 0 amide bonds. The van der Waals surface area contributed by atoms with E-state index in [4.69, 9.17) is 4.52 Å². The maximum absolute atomic E-state index is 14.3. The van der Waals surface area contributed by atoms with Gasteiger partial charge in [0.15, 0.2) is 5.78 Å². The molecule has 0 aliphatic heterocycles. The number of rotatable bonds is 1. The second-order valence-corrected chi connectivity index (χ2v) is 14.4. The molecule has 5 heteroatoms.